The van der Waals surface area contributed by atoms with Gasteiger partial charge in [-0.15, -0.1) is 0 Å². The Hall–Kier alpha value is -3.20. The van der Waals surface area contributed by atoms with Crippen molar-refractivity contribution in [1.29, 1.82) is 0 Å². The van der Waals surface area contributed by atoms with Crippen molar-refractivity contribution in [3.8, 4) is 5.75 Å². The van der Waals surface area contributed by atoms with E-state index in [4.69, 9.17) is 16.3 Å². The molecule has 1 amide bonds. The highest BCUT2D eigenvalue weighted by Gasteiger charge is 2.22. The molecule has 0 aromatic heterocycles. The molecular formula is C23H22ClN3O4S. The molecule has 3 aromatic carbocycles. The first kappa shape index (κ1) is 23.5. The molecule has 0 saturated heterocycles. The smallest absolute Gasteiger partial charge is 0.255 e. The van der Waals surface area contributed by atoms with Gasteiger partial charge in [-0.05, 0) is 42.0 Å². The molecule has 0 saturated carbocycles. The van der Waals surface area contributed by atoms with E-state index in [-0.39, 0.29) is 4.90 Å². The lowest BCUT2D eigenvalue weighted by Gasteiger charge is -2.16. The molecule has 0 aliphatic rings. The summed E-state index contributed by atoms with van der Waals surface area (Å²) in [4.78, 5) is 12.2. The molecular weight excluding hydrogens is 450 g/mol. The summed E-state index contributed by atoms with van der Waals surface area (Å²) < 4.78 is 31.9. The number of nitrogens with one attached hydrogen (secondary N) is 1. The Bertz CT molecular complexity index is 1180. The zero-order valence-electron chi connectivity index (χ0n) is 17.3. The number of likely N-dealkylation sites (N-methyl/N-ethyl adjacent to an activating group) is 1. The summed E-state index contributed by atoms with van der Waals surface area (Å²) >= 11 is 5.80. The summed E-state index contributed by atoms with van der Waals surface area (Å²) in [5, 5.41) is 4.36. The van der Waals surface area contributed by atoms with E-state index in [1.54, 1.807) is 12.1 Å². The quantitative estimate of drug-likeness (QED) is 0.381. The Morgan fingerprint density at radius 3 is 2.41 bits per heavy atom. The minimum Gasteiger partial charge on any atom is -0.488 e. The minimum absolute atomic E-state index is 0.0465. The summed E-state index contributed by atoms with van der Waals surface area (Å²) in [6, 6.07) is 22.7. The predicted octanol–water partition coefficient (Wildman–Crippen LogP) is 3.69. The topological polar surface area (TPSA) is 88.1 Å². The Balaban J connectivity index is 1.57. The van der Waals surface area contributed by atoms with Gasteiger partial charge in [-0.2, -0.15) is 9.41 Å². The molecule has 3 aromatic rings. The molecule has 0 spiro atoms. The van der Waals surface area contributed by atoms with Crippen molar-refractivity contribution in [2.45, 2.75) is 11.5 Å². The molecule has 7 nitrogen and oxygen atoms in total. The molecule has 0 radical (unpaired) electrons. The zero-order valence-corrected chi connectivity index (χ0v) is 18.9. The van der Waals surface area contributed by atoms with Crippen molar-refractivity contribution in [2.24, 2.45) is 5.10 Å². The molecule has 9 heteroatoms. The van der Waals surface area contributed by atoms with Crippen LogP contribution in [0, 0.1) is 0 Å². The number of hydrazone groups is 1. The number of amides is 1. The van der Waals surface area contributed by atoms with Crippen LogP contribution < -0.4 is 10.2 Å². The summed E-state index contributed by atoms with van der Waals surface area (Å²) in [6.45, 7) is -0.000140. The molecule has 32 heavy (non-hydrogen) atoms. The Kier molecular flexibility index (Phi) is 7.99. The molecule has 0 bridgehead atoms. The van der Waals surface area contributed by atoms with Crippen LogP contribution in [-0.2, 0) is 21.4 Å². The second kappa shape index (κ2) is 10.9. The maximum Gasteiger partial charge on any atom is 0.255 e. The van der Waals surface area contributed by atoms with Crippen molar-refractivity contribution in [2.75, 3.05) is 13.6 Å². The number of hydrogen-bond donors (Lipinski definition) is 1. The van der Waals surface area contributed by atoms with E-state index >= 15 is 0 Å². The number of para-hydroxylation sites is 1. The van der Waals surface area contributed by atoms with E-state index in [2.05, 4.69) is 10.5 Å². The Morgan fingerprint density at radius 2 is 1.69 bits per heavy atom. The number of benzene rings is 3. The summed E-state index contributed by atoms with van der Waals surface area (Å²) in [6.07, 6.45) is 1.45. The number of rotatable bonds is 9. The van der Waals surface area contributed by atoms with E-state index in [9.17, 15) is 13.2 Å². The van der Waals surface area contributed by atoms with E-state index in [0.29, 0.717) is 22.9 Å². The third-order valence-electron chi connectivity index (χ3n) is 4.44. The SMILES string of the molecule is CN(CC(=O)N/N=C\c1ccccc1OCc1ccccc1)S(=O)(=O)c1ccc(Cl)cc1. The number of sulfonamides is 1. The number of halogens is 1. The maximum absolute atomic E-state index is 12.6. The van der Waals surface area contributed by atoms with Gasteiger partial charge in [0.2, 0.25) is 10.0 Å². The van der Waals surface area contributed by atoms with Crippen LogP contribution in [0.5, 0.6) is 5.75 Å². The molecule has 166 valence electrons. The van der Waals surface area contributed by atoms with Gasteiger partial charge >= 0.3 is 0 Å². The van der Waals surface area contributed by atoms with Crippen molar-refractivity contribution in [3.05, 3.63) is 95.0 Å². The standard InChI is InChI=1S/C23H22ClN3O4S/c1-27(32(29,30)21-13-11-20(24)12-14-21)16-23(28)26-25-15-19-9-5-6-10-22(19)31-17-18-7-3-2-4-8-18/h2-15H,16-17H2,1H3,(H,26,28)/b25-15-. The van der Waals surface area contributed by atoms with Crippen LogP contribution in [0.2, 0.25) is 5.02 Å². The van der Waals surface area contributed by atoms with Crippen LogP contribution in [0.4, 0.5) is 0 Å². The molecule has 0 fully saturated rings. The van der Waals surface area contributed by atoms with Crippen LogP contribution in [-0.4, -0.2) is 38.4 Å². The number of ether oxygens (including phenoxy) is 1. The van der Waals surface area contributed by atoms with Gasteiger partial charge in [0.1, 0.15) is 12.4 Å². The molecule has 0 heterocycles. The first-order valence-electron chi connectivity index (χ1n) is 9.66. The number of carbonyl (C=O) groups is 1. The molecule has 3 rings (SSSR count). The average molecular weight is 472 g/mol. The lowest BCUT2D eigenvalue weighted by atomic mass is 10.2. The normalized spacial score (nSPS) is 11.6. The van der Waals surface area contributed by atoms with Crippen LogP contribution in [0.25, 0.3) is 0 Å². The van der Waals surface area contributed by atoms with E-state index in [1.165, 1.54) is 37.5 Å². The first-order valence-corrected chi connectivity index (χ1v) is 11.5. The van der Waals surface area contributed by atoms with Crippen molar-refractivity contribution in [1.82, 2.24) is 9.73 Å². The maximum atomic E-state index is 12.6. The zero-order chi connectivity index (χ0) is 23.0. The summed E-state index contributed by atoms with van der Waals surface area (Å²) in [7, 11) is -2.51. The molecule has 0 aliphatic heterocycles. The monoisotopic (exact) mass is 471 g/mol. The van der Waals surface area contributed by atoms with Gasteiger partial charge in [-0.1, -0.05) is 54.1 Å². The fourth-order valence-corrected chi connectivity index (χ4v) is 3.99. The molecule has 0 atom stereocenters. The average Bonchev–Trinajstić information content (AvgIpc) is 2.79. The highest BCUT2D eigenvalue weighted by Crippen LogP contribution is 2.18. The largest absolute Gasteiger partial charge is 0.488 e. The number of hydrogen-bond acceptors (Lipinski definition) is 5. The number of carbonyl (C=O) groups excluding carboxylic acids is 1. The highest BCUT2D eigenvalue weighted by atomic mass is 35.5. The first-order chi connectivity index (χ1) is 15.4. The lowest BCUT2D eigenvalue weighted by Crippen LogP contribution is -2.36. The van der Waals surface area contributed by atoms with Crippen LogP contribution >= 0.6 is 11.6 Å². The second-order valence-electron chi connectivity index (χ2n) is 6.82. The van der Waals surface area contributed by atoms with Crippen molar-refractivity contribution < 1.29 is 17.9 Å². The van der Waals surface area contributed by atoms with E-state index in [0.717, 1.165) is 9.87 Å². The predicted molar refractivity (Wildman–Crippen MR) is 124 cm³/mol. The third kappa shape index (κ3) is 6.40. The summed E-state index contributed by atoms with van der Waals surface area (Å²) in [5.41, 5.74) is 4.04. The minimum atomic E-state index is -3.83. The van der Waals surface area contributed by atoms with E-state index in [1.807, 2.05) is 42.5 Å². The van der Waals surface area contributed by atoms with Crippen molar-refractivity contribution >= 4 is 33.7 Å². The fraction of sp³-hybridized carbons (Fsp3) is 0.130. The lowest BCUT2D eigenvalue weighted by molar-refractivity contribution is -0.121. The van der Waals surface area contributed by atoms with Gasteiger partial charge < -0.3 is 4.74 Å². The Labute approximate surface area is 192 Å². The van der Waals surface area contributed by atoms with Gasteiger partial charge in [0.15, 0.2) is 0 Å². The van der Waals surface area contributed by atoms with Gasteiger partial charge in [0.05, 0.1) is 17.7 Å². The van der Waals surface area contributed by atoms with Gasteiger partial charge in [0, 0.05) is 17.6 Å². The highest BCUT2D eigenvalue weighted by molar-refractivity contribution is 7.89. The number of nitrogens with zero attached hydrogens (tertiary/aromatic N) is 2. The third-order valence-corrected chi connectivity index (χ3v) is 6.51. The summed E-state index contributed by atoms with van der Waals surface area (Å²) in [5.74, 6) is 0.0285. The molecule has 0 unspecified atom stereocenters. The van der Waals surface area contributed by atoms with E-state index < -0.39 is 22.5 Å². The Morgan fingerprint density at radius 1 is 1.03 bits per heavy atom. The molecule has 0 aliphatic carbocycles. The van der Waals surface area contributed by atoms with Gasteiger partial charge in [-0.3, -0.25) is 4.79 Å². The van der Waals surface area contributed by atoms with Gasteiger partial charge in [-0.25, -0.2) is 13.8 Å². The molecule has 1 N–H and O–H groups in total. The second-order valence-corrected chi connectivity index (χ2v) is 9.30. The van der Waals surface area contributed by atoms with Crippen LogP contribution in [0.15, 0.2) is 88.9 Å². The van der Waals surface area contributed by atoms with Crippen molar-refractivity contribution in [3.63, 3.8) is 0 Å². The van der Waals surface area contributed by atoms with Crippen LogP contribution in [0.1, 0.15) is 11.1 Å². The van der Waals surface area contributed by atoms with Gasteiger partial charge in [0.25, 0.3) is 5.91 Å². The van der Waals surface area contributed by atoms with Crippen LogP contribution in [0.3, 0.4) is 0 Å². The fourth-order valence-electron chi connectivity index (χ4n) is 2.74.